The number of hydrogen-bond acceptors (Lipinski definition) is 5. The van der Waals surface area contributed by atoms with Crippen LogP contribution in [0.1, 0.15) is 11.3 Å². The second-order valence-corrected chi connectivity index (χ2v) is 4.39. The smallest absolute Gasteiger partial charge is 0.260 e. The minimum atomic E-state index is -0.556. The molecule has 1 aromatic heterocycles. The molecule has 0 spiro atoms. The van der Waals surface area contributed by atoms with Crippen molar-refractivity contribution in [2.45, 2.75) is 6.92 Å². The molecule has 0 unspecified atom stereocenters. The highest BCUT2D eigenvalue weighted by molar-refractivity contribution is 6.38. The highest BCUT2D eigenvalue weighted by Crippen LogP contribution is 2.22. The molecule has 1 aromatic carbocycles. The van der Waals surface area contributed by atoms with E-state index in [-0.39, 0.29) is 5.82 Å². The third-order valence-electron chi connectivity index (χ3n) is 2.24. The maximum Gasteiger partial charge on any atom is 0.363 e. The molecule has 0 saturated carbocycles. The van der Waals surface area contributed by atoms with Gasteiger partial charge in [-0.1, -0.05) is 29.3 Å². The Morgan fingerprint density at radius 1 is 1.37 bits per heavy atom. The molecule has 8 heteroatoms. The van der Waals surface area contributed by atoms with Crippen LogP contribution >= 0.6 is 23.2 Å². The zero-order valence-corrected chi connectivity index (χ0v) is 11.3. The number of aromatic nitrogens is 3. The first-order chi connectivity index (χ1) is 9.08. The quantitative estimate of drug-likeness (QED) is 0.672. The van der Waals surface area contributed by atoms with Crippen LogP contribution in [-0.2, 0) is 0 Å². The van der Waals surface area contributed by atoms with Crippen LogP contribution in [0.3, 0.4) is 0 Å². The Bertz CT molecular complexity index is 663. The Balaban J connectivity index is 2.20. The van der Waals surface area contributed by atoms with Gasteiger partial charge < -0.3 is 0 Å². The molecule has 2 rings (SSSR count). The molecule has 0 amide bonds. The average Bonchev–Trinajstić information content (AvgIpc) is 2.37. The molecular formula is C11H9Cl2N5O. The number of aryl methyl sites for hydroxylation is 1. The van der Waals surface area contributed by atoms with E-state index in [1.165, 1.54) is 6.21 Å². The van der Waals surface area contributed by atoms with Gasteiger partial charge in [0, 0.05) is 5.56 Å². The fourth-order valence-corrected chi connectivity index (χ4v) is 1.79. The highest BCUT2D eigenvalue weighted by atomic mass is 35.5. The van der Waals surface area contributed by atoms with E-state index in [2.05, 4.69) is 25.7 Å². The lowest BCUT2D eigenvalue weighted by Gasteiger charge is -2.02. The van der Waals surface area contributed by atoms with Crippen LogP contribution in [0.15, 0.2) is 28.1 Å². The number of H-pyrrole nitrogens is 1. The summed E-state index contributed by atoms with van der Waals surface area (Å²) in [7, 11) is 0. The van der Waals surface area contributed by atoms with Crippen LogP contribution < -0.4 is 11.1 Å². The maximum atomic E-state index is 11.0. The van der Waals surface area contributed by atoms with Crippen molar-refractivity contribution in [3.8, 4) is 0 Å². The molecule has 0 aliphatic heterocycles. The monoisotopic (exact) mass is 297 g/mol. The lowest BCUT2D eigenvalue weighted by molar-refractivity contribution is 0.879. The summed E-state index contributed by atoms with van der Waals surface area (Å²) in [4.78, 5) is 14.7. The van der Waals surface area contributed by atoms with Gasteiger partial charge in [-0.15, -0.1) is 0 Å². The first kappa shape index (κ1) is 13.5. The summed E-state index contributed by atoms with van der Waals surface area (Å²) in [6, 6.07) is 5.14. The van der Waals surface area contributed by atoms with E-state index in [9.17, 15) is 4.79 Å². The van der Waals surface area contributed by atoms with E-state index in [1.54, 1.807) is 25.1 Å². The molecule has 2 aromatic rings. The number of nitrogens with one attached hydrogen (secondary N) is 2. The molecule has 0 aliphatic carbocycles. The molecule has 0 radical (unpaired) electrons. The molecule has 0 atom stereocenters. The normalized spacial score (nSPS) is 10.9. The Hall–Kier alpha value is -1.92. The van der Waals surface area contributed by atoms with Crippen LogP contribution in [0.2, 0.25) is 10.0 Å². The molecule has 2 N–H and O–H groups in total. The van der Waals surface area contributed by atoms with Crippen LogP contribution in [0, 0.1) is 6.92 Å². The standard InChI is InChI=1S/C11H9Cl2N5O/c1-6-10(15-11(19)18-16-6)17-14-5-7-8(12)3-2-4-9(7)13/h2-5H,1H3,(H2,15,17,18,19)/b14-5-. The molecule has 0 aliphatic rings. The van der Waals surface area contributed by atoms with E-state index in [4.69, 9.17) is 23.2 Å². The molecule has 19 heavy (non-hydrogen) atoms. The maximum absolute atomic E-state index is 11.0. The summed E-state index contributed by atoms with van der Waals surface area (Å²) in [5.41, 5.74) is 3.15. The van der Waals surface area contributed by atoms with E-state index < -0.39 is 5.69 Å². The van der Waals surface area contributed by atoms with E-state index in [0.717, 1.165) is 0 Å². The van der Waals surface area contributed by atoms with Gasteiger partial charge in [0.2, 0.25) is 0 Å². The second kappa shape index (κ2) is 5.81. The van der Waals surface area contributed by atoms with Crippen LogP contribution in [0.4, 0.5) is 5.82 Å². The zero-order valence-electron chi connectivity index (χ0n) is 9.82. The van der Waals surface area contributed by atoms with Crippen molar-refractivity contribution >= 4 is 35.2 Å². The number of anilines is 1. The second-order valence-electron chi connectivity index (χ2n) is 3.58. The van der Waals surface area contributed by atoms with Crippen LogP contribution in [0.25, 0.3) is 0 Å². The van der Waals surface area contributed by atoms with Gasteiger partial charge in [0.25, 0.3) is 0 Å². The lowest BCUT2D eigenvalue weighted by Crippen LogP contribution is -2.15. The molecule has 0 saturated heterocycles. The Kier molecular flexibility index (Phi) is 4.13. The summed E-state index contributed by atoms with van der Waals surface area (Å²) in [6.45, 7) is 1.68. The summed E-state index contributed by atoms with van der Waals surface area (Å²) in [5, 5.41) is 10.9. The Morgan fingerprint density at radius 2 is 2.05 bits per heavy atom. The van der Waals surface area contributed by atoms with E-state index >= 15 is 0 Å². The van der Waals surface area contributed by atoms with Crippen molar-refractivity contribution in [2.24, 2.45) is 5.10 Å². The van der Waals surface area contributed by atoms with Gasteiger partial charge in [-0.25, -0.2) is 9.89 Å². The van der Waals surface area contributed by atoms with Crippen molar-refractivity contribution in [1.29, 1.82) is 0 Å². The summed E-state index contributed by atoms with van der Waals surface area (Å²) >= 11 is 12.0. The van der Waals surface area contributed by atoms with Crippen LogP contribution in [-0.4, -0.2) is 21.4 Å². The van der Waals surface area contributed by atoms with Crippen molar-refractivity contribution in [2.75, 3.05) is 5.43 Å². The lowest BCUT2D eigenvalue weighted by atomic mass is 10.2. The van der Waals surface area contributed by atoms with Gasteiger partial charge in [-0.05, 0) is 19.1 Å². The zero-order chi connectivity index (χ0) is 13.8. The third-order valence-corrected chi connectivity index (χ3v) is 2.90. The molecule has 1 heterocycles. The molecular weight excluding hydrogens is 289 g/mol. The summed E-state index contributed by atoms with van der Waals surface area (Å²) in [5.74, 6) is 0.267. The van der Waals surface area contributed by atoms with Crippen molar-refractivity contribution in [1.82, 2.24) is 15.2 Å². The van der Waals surface area contributed by atoms with E-state index in [1.807, 2.05) is 0 Å². The van der Waals surface area contributed by atoms with Crippen molar-refractivity contribution < 1.29 is 0 Å². The first-order valence-corrected chi connectivity index (χ1v) is 6.00. The number of halogens is 2. The number of hydrogen-bond donors (Lipinski definition) is 2. The van der Waals surface area contributed by atoms with Gasteiger partial charge in [-0.3, -0.25) is 5.43 Å². The Labute approximate surface area is 118 Å². The fraction of sp³-hybridized carbons (Fsp3) is 0.0909. The number of benzene rings is 1. The molecule has 6 nitrogen and oxygen atoms in total. The van der Waals surface area contributed by atoms with Crippen molar-refractivity contribution in [3.63, 3.8) is 0 Å². The minimum Gasteiger partial charge on any atom is -0.260 e. The fourth-order valence-electron chi connectivity index (χ4n) is 1.29. The molecule has 0 fully saturated rings. The SMILES string of the molecule is Cc1n[nH]c(=O)nc1N/N=C\c1c(Cl)cccc1Cl. The molecule has 98 valence electrons. The van der Waals surface area contributed by atoms with Gasteiger partial charge in [0.05, 0.1) is 16.3 Å². The van der Waals surface area contributed by atoms with Gasteiger partial charge >= 0.3 is 5.69 Å². The average molecular weight is 298 g/mol. The third kappa shape index (κ3) is 3.30. The number of rotatable bonds is 3. The summed E-state index contributed by atoms with van der Waals surface area (Å²) < 4.78 is 0. The van der Waals surface area contributed by atoms with Gasteiger partial charge in [0.15, 0.2) is 5.82 Å². The minimum absolute atomic E-state index is 0.267. The predicted molar refractivity (Wildman–Crippen MR) is 75.1 cm³/mol. The summed E-state index contributed by atoms with van der Waals surface area (Å²) in [6.07, 6.45) is 1.45. The number of hydrazone groups is 1. The largest absolute Gasteiger partial charge is 0.363 e. The van der Waals surface area contributed by atoms with Crippen molar-refractivity contribution in [3.05, 3.63) is 50.0 Å². The van der Waals surface area contributed by atoms with Crippen LogP contribution in [0.5, 0.6) is 0 Å². The van der Waals surface area contributed by atoms with Gasteiger partial charge in [-0.2, -0.15) is 15.2 Å². The van der Waals surface area contributed by atoms with E-state index in [0.29, 0.717) is 21.3 Å². The first-order valence-electron chi connectivity index (χ1n) is 5.24. The Morgan fingerprint density at radius 3 is 2.74 bits per heavy atom. The predicted octanol–water partition coefficient (Wildman–Crippen LogP) is 2.23. The molecule has 0 bridgehead atoms. The van der Waals surface area contributed by atoms with Gasteiger partial charge in [0.1, 0.15) is 5.69 Å². The number of aromatic amines is 1. The number of nitrogens with zero attached hydrogens (tertiary/aromatic N) is 3. The topological polar surface area (TPSA) is 83.0 Å². The highest BCUT2D eigenvalue weighted by Gasteiger charge is 2.03.